The van der Waals surface area contributed by atoms with Crippen LogP contribution in [0.1, 0.15) is 12.8 Å². The first-order valence-corrected chi connectivity index (χ1v) is 6.34. The van der Waals surface area contributed by atoms with Crippen LogP contribution in [-0.4, -0.2) is 34.4 Å². The normalized spacial score (nSPS) is 19.3. The van der Waals surface area contributed by atoms with E-state index in [0.717, 1.165) is 36.8 Å². The molecular formula is C12H13ClN4O. The van der Waals surface area contributed by atoms with Gasteiger partial charge in [-0.1, -0.05) is 11.6 Å². The van der Waals surface area contributed by atoms with Gasteiger partial charge >= 0.3 is 0 Å². The van der Waals surface area contributed by atoms with Crippen LogP contribution < -0.4 is 5.32 Å². The quantitative estimate of drug-likeness (QED) is 0.922. The lowest BCUT2D eigenvalue weighted by Gasteiger charge is -2.12. The summed E-state index contributed by atoms with van der Waals surface area (Å²) in [4.78, 5) is 4.10. The Morgan fingerprint density at radius 2 is 2.33 bits per heavy atom. The molecule has 0 amide bonds. The van der Waals surface area contributed by atoms with Crippen molar-refractivity contribution in [2.45, 2.75) is 18.9 Å². The highest BCUT2D eigenvalue weighted by Crippen LogP contribution is 2.25. The third-order valence-electron chi connectivity index (χ3n) is 3.06. The van der Waals surface area contributed by atoms with Gasteiger partial charge in [-0.05, 0) is 18.9 Å². The summed E-state index contributed by atoms with van der Waals surface area (Å²) in [5.41, 5.74) is 0. The lowest BCUT2D eigenvalue weighted by atomic mass is 10.2. The molecular weight excluding hydrogens is 252 g/mol. The predicted octanol–water partition coefficient (Wildman–Crippen LogP) is 2.27. The molecule has 1 N–H and O–H groups in total. The Hall–Kier alpha value is -1.46. The third kappa shape index (κ3) is 2.23. The molecule has 0 aromatic carbocycles. The maximum absolute atomic E-state index is 6.00. The molecule has 0 aliphatic carbocycles. The van der Waals surface area contributed by atoms with Crippen molar-refractivity contribution in [3.05, 3.63) is 23.6 Å². The van der Waals surface area contributed by atoms with E-state index in [2.05, 4.69) is 20.5 Å². The van der Waals surface area contributed by atoms with E-state index in [-0.39, 0.29) is 6.10 Å². The van der Waals surface area contributed by atoms with E-state index in [9.17, 15) is 0 Å². The predicted molar refractivity (Wildman–Crippen MR) is 69.8 cm³/mol. The number of ether oxygens (including phenoxy) is 1. The van der Waals surface area contributed by atoms with Crippen LogP contribution in [0.2, 0.25) is 5.15 Å². The molecule has 1 saturated heterocycles. The van der Waals surface area contributed by atoms with Crippen LogP contribution in [0.15, 0.2) is 18.5 Å². The Morgan fingerprint density at radius 1 is 1.39 bits per heavy atom. The SMILES string of the molecule is Clc1nnc(NCC2CCCO2)c2cnccc12. The van der Waals surface area contributed by atoms with Gasteiger partial charge in [0, 0.05) is 36.3 Å². The number of pyridine rings is 1. The topological polar surface area (TPSA) is 59.9 Å². The smallest absolute Gasteiger partial charge is 0.159 e. The monoisotopic (exact) mass is 264 g/mol. The van der Waals surface area contributed by atoms with Crippen molar-refractivity contribution in [2.24, 2.45) is 0 Å². The number of nitrogens with one attached hydrogen (secondary N) is 1. The molecule has 0 bridgehead atoms. The van der Waals surface area contributed by atoms with Gasteiger partial charge in [0.25, 0.3) is 0 Å². The zero-order valence-electron chi connectivity index (χ0n) is 9.77. The minimum atomic E-state index is 0.259. The van der Waals surface area contributed by atoms with Gasteiger partial charge in [0.05, 0.1) is 6.10 Å². The molecule has 0 saturated carbocycles. The minimum absolute atomic E-state index is 0.259. The standard InChI is InChI=1S/C12H13ClN4O/c13-11-9-3-4-14-7-10(9)12(17-16-11)15-6-8-2-1-5-18-8/h3-4,7-8H,1-2,5-6H2,(H,15,17). The molecule has 2 aromatic heterocycles. The molecule has 1 aliphatic heterocycles. The van der Waals surface area contributed by atoms with Crippen LogP contribution in [0.25, 0.3) is 10.8 Å². The number of halogens is 1. The maximum atomic E-state index is 6.00. The number of aromatic nitrogens is 3. The summed E-state index contributed by atoms with van der Waals surface area (Å²) < 4.78 is 5.56. The maximum Gasteiger partial charge on any atom is 0.159 e. The first-order valence-electron chi connectivity index (χ1n) is 5.96. The molecule has 0 radical (unpaired) electrons. The van der Waals surface area contributed by atoms with E-state index >= 15 is 0 Å². The molecule has 5 nitrogen and oxygen atoms in total. The Balaban J connectivity index is 1.85. The van der Waals surface area contributed by atoms with Crippen molar-refractivity contribution in [2.75, 3.05) is 18.5 Å². The molecule has 3 heterocycles. The molecule has 2 aromatic rings. The Bertz CT molecular complexity index is 557. The van der Waals surface area contributed by atoms with Crippen LogP contribution >= 0.6 is 11.6 Å². The zero-order valence-corrected chi connectivity index (χ0v) is 10.5. The number of hydrogen-bond donors (Lipinski definition) is 1. The zero-order chi connectivity index (χ0) is 12.4. The van der Waals surface area contributed by atoms with Crippen molar-refractivity contribution < 1.29 is 4.74 Å². The molecule has 1 atom stereocenters. The molecule has 1 unspecified atom stereocenters. The minimum Gasteiger partial charge on any atom is -0.376 e. The molecule has 1 fully saturated rings. The van der Waals surface area contributed by atoms with E-state index in [1.807, 2.05) is 6.07 Å². The van der Waals surface area contributed by atoms with Gasteiger partial charge in [-0.2, -0.15) is 0 Å². The highest BCUT2D eigenvalue weighted by Gasteiger charge is 2.16. The van der Waals surface area contributed by atoms with Gasteiger partial charge < -0.3 is 10.1 Å². The number of hydrogen-bond acceptors (Lipinski definition) is 5. The first-order chi connectivity index (χ1) is 8.84. The van der Waals surface area contributed by atoms with E-state index in [0.29, 0.717) is 11.0 Å². The molecule has 0 spiro atoms. The molecule has 94 valence electrons. The molecule has 6 heteroatoms. The first kappa shape index (κ1) is 11.6. The summed E-state index contributed by atoms with van der Waals surface area (Å²) in [6.45, 7) is 1.58. The Labute approximate surface area is 110 Å². The van der Waals surface area contributed by atoms with Crippen molar-refractivity contribution in [1.29, 1.82) is 0 Å². The van der Waals surface area contributed by atoms with Gasteiger partial charge in [-0.3, -0.25) is 4.98 Å². The molecule has 1 aliphatic rings. The highest BCUT2D eigenvalue weighted by molar-refractivity contribution is 6.34. The fourth-order valence-corrected chi connectivity index (χ4v) is 2.31. The third-order valence-corrected chi connectivity index (χ3v) is 3.34. The van der Waals surface area contributed by atoms with Gasteiger partial charge in [-0.25, -0.2) is 0 Å². The average molecular weight is 265 g/mol. The van der Waals surface area contributed by atoms with E-state index in [1.54, 1.807) is 12.4 Å². The van der Waals surface area contributed by atoms with E-state index < -0.39 is 0 Å². The van der Waals surface area contributed by atoms with Gasteiger partial charge in [0.1, 0.15) is 0 Å². The van der Waals surface area contributed by atoms with Gasteiger partial charge in [-0.15, -0.1) is 10.2 Å². The largest absolute Gasteiger partial charge is 0.376 e. The Morgan fingerprint density at radius 3 is 3.17 bits per heavy atom. The van der Waals surface area contributed by atoms with Crippen molar-refractivity contribution in [3.63, 3.8) is 0 Å². The Kier molecular flexibility index (Phi) is 3.25. The summed E-state index contributed by atoms with van der Waals surface area (Å²) in [6.07, 6.45) is 5.91. The van der Waals surface area contributed by atoms with Gasteiger partial charge in [0.15, 0.2) is 11.0 Å². The van der Waals surface area contributed by atoms with Crippen LogP contribution in [0, 0.1) is 0 Å². The van der Waals surface area contributed by atoms with Crippen LogP contribution in [0.3, 0.4) is 0 Å². The fraction of sp³-hybridized carbons (Fsp3) is 0.417. The second-order valence-corrected chi connectivity index (χ2v) is 4.63. The summed E-state index contributed by atoms with van der Waals surface area (Å²) in [5, 5.41) is 13.4. The van der Waals surface area contributed by atoms with Crippen molar-refractivity contribution in [1.82, 2.24) is 15.2 Å². The fourth-order valence-electron chi connectivity index (χ4n) is 2.11. The number of anilines is 1. The van der Waals surface area contributed by atoms with Crippen LogP contribution in [-0.2, 0) is 4.74 Å². The molecule has 18 heavy (non-hydrogen) atoms. The summed E-state index contributed by atoms with van der Waals surface area (Å²) in [5.74, 6) is 0.706. The highest BCUT2D eigenvalue weighted by atomic mass is 35.5. The number of nitrogens with zero attached hydrogens (tertiary/aromatic N) is 3. The van der Waals surface area contributed by atoms with Crippen molar-refractivity contribution in [3.8, 4) is 0 Å². The number of rotatable bonds is 3. The summed E-state index contributed by atoms with van der Waals surface area (Å²) >= 11 is 6.00. The lowest BCUT2D eigenvalue weighted by molar-refractivity contribution is 0.120. The lowest BCUT2D eigenvalue weighted by Crippen LogP contribution is -2.19. The summed E-state index contributed by atoms with van der Waals surface area (Å²) in [7, 11) is 0. The molecule has 3 rings (SSSR count). The van der Waals surface area contributed by atoms with Crippen LogP contribution in [0.5, 0.6) is 0 Å². The van der Waals surface area contributed by atoms with E-state index in [1.165, 1.54) is 0 Å². The summed E-state index contributed by atoms with van der Waals surface area (Å²) in [6, 6.07) is 1.84. The van der Waals surface area contributed by atoms with Gasteiger partial charge in [0.2, 0.25) is 0 Å². The number of fused-ring (bicyclic) bond motifs is 1. The second kappa shape index (κ2) is 5.04. The van der Waals surface area contributed by atoms with Crippen molar-refractivity contribution >= 4 is 28.2 Å². The van der Waals surface area contributed by atoms with Crippen LogP contribution in [0.4, 0.5) is 5.82 Å². The second-order valence-electron chi connectivity index (χ2n) is 4.28. The van der Waals surface area contributed by atoms with E-state index in [4.69, 9.17) is 16.3 Å². The average Bonchev–Trinajstić information content (AvgIpc) is 2.92.